The van der Waals surface area contributed by atoms with Crippen molar-refractivity contribution >= 4 is 29.9 Å². The second-order valence-electron chi connectivity index (χ2n) is 2.47. The Morgan fingerprint density at radius 2 is 2.25 bits per heavy atom. The molecule has 1 aromatic rings. The van der Waals surface area contributed by atoms with Crippen LogP contribution in [0.1, 0.15) is 5.56 Å². The van der Waals surface area contributed by atoms with E-state index < -0.39 is 0 Å². The number of nitrogens with zero attached hydrogens (tertiary/aromatic N) is 1. The van der Waals surface area contributed by atoms with Gasteiger partial charge in [0.1, 0.15) is 11.6 Å². The molecule has 0 spiro atoms. The quantitative estimate of drug-likeness (QED) is 0.621. The number of nitrogen functional groups attached to an aromatic ring is 1. The summed E-state index contributed by atoms with van der Waals surface area (Å²) in [7, 11) is 0. The molecule has 2 rings (SSSR count). The van der Waals surface area contributed by atoms with E-state index in [4.69, 9.17) is 5.73 Å². The number of nitrogens with two attached hydrogens (primary N) is 1. The summed E-state index contributed by atoms with van der Waals surface area (Å²) in [5.74, 6) is 1.03. The number of halogens is 1. The van der Waals surface area contributed by atoms with Crippen molar-refractivity contribution in [2.45, 2.75) is 6.42 Å². The lowest BCUT2D eigenvalue weighted by Crippen LogP contribution is -2.04. The van der Waals surface area contributed by atoms with Crippen molar-refractivity contribution in [3.63, 3.8) is 0 Å². The highest BCUT2D eigenvalue weighted by Gasteiger charge is 2.17. The van der Waals surface area contributed by atoms with E-state index in [-0.39, 0.29) is 18.3 Å². The summed E-state index contributed by atoms with van der Waals surface area (Å²) in [6.07, 6.45) is 0.419. The van der Waals surface area contributed by atoms with Gasteiger partial charge >= 0.3 is 0 Å². The van der Waals surface area contributed by atoms with Gasteiger partial charge in [-0.05, 0) is 6.07 Å². The number of anilines is 2. The van der Waals surface area contributed by atoms with Crippen molar-refractivity contribution in [1.82, 2.24) is 4.98 Å². The zero-order valence-electron chi connectivity index (χ0n) is 6.20. The number of carbonyl (C=O) groups excluding carboxylic acids is 1. The molecule has 1 amide bonds. The Bertz CT molecular complexity index is 326. The van der Waals surface area contributed by atoms with Gasteiger partial charge in [-0.25, -0.2) is 4.98 Å². The van der Waals surface area contributed by atoms with E-state index in [1.807, 2.05) is 6.07 Å². The third-order valence-electron chi connectivity index (χ3n) is 1.61. The van der Waals surface area contributed by atoms with Gasteiger partial charge in [-0.15, -0.1) is 12.4 Å². The van der Waals surface area contributed by atoms with Gasteiger partial charge in [-0.2, -0.15) is 0 Å². The summed E-state index contributed by atoms with van der Waals surface area (Å²) in [6.45, 7) is 0. The summed E-state index contributed by atoms with van der Waals surface area (Å²) in [5, 5.41) is 2.61. The first-order valence-corrected chi connectivity index (χ1v) is 3.31. The number of amides is 1. The van der Waals surface area contributed by atoms with Gasteiger partial charge in [0.2, 0.25) is 5.91 Å². The number of fused-ring (bicyclic) bond motifs is 1. The van der Waals surface area contributed by atoms with Gasteiger partial charge in [-0.1, -0.05) is 6.07 Å². The maximum absolute atomic E-state index is 10.8. The average molecular weight is 186 g/mol. The Labute approximate surface area is 75.6 Å². The molecular formula is C7H8ClN3O. The molecule has 1 aromatic heterocycles. The van der Waals surface area contributed by atoms with Gasteiger partial charge < -0.3 is 11.1 Å². The highest BCUT2D eigenvalue weighted by molar-refractivity contribution is 5.98. The van der Waals surface area contributed by atoms with E-state index in [0.717, 1.165) is 5.56 Å². The standard InChI is InChI=1S/C7H7N3O.ClH/c8-5-2-1-4-3-6(11)10-7(4)9-5;/h1-2H,3H2,(H3,8,9,10,11);1H. The molecule has 0 saturated heterocycles. The number of carbonyl (C=O) groups is 1. The van der Waals surface area contributed by atoms with Crippen LogP contribution in [0.15, 0.2) is 12.1 Å². The lowest BCUT2D eigenvalue weighted by atomic mass is 10.2. The van der Waals surface area contributed by atoms with Gasteiger partial charge in [-0.3, -0.25) is 4.79 Å². The van der Waals surface area contributed by atoms with Gasteiger partial charge in [0.05, 0.1) is 6.42 Å². The summed E-state index contributed by atoms with van der Waals surface area (Å²) in [5.41, 5.74) is 6.33. The maximum atomic E-state index is 10.8. The highest BCUT2D eigenvalue weighted by atomic mass is 35.5. The summed E-state index contributed by atoms with van der Waals surface area (Å²) in [6, 6.07) is 3.51. The largest absolute Gasteiger partial charge is 0.384 e. The monoisotopic (exact) mass is 185 g/mol. The minimum absolute atomic E-state index is 0. The van der Waals surface area contributed by atoms with Crippen LogP contribution in [0, 0.1) is 0 Å². The average Bonchev–Trinajstić information content (AvgIpc) is 2.27. The Kier molecular flexibility index (Phi) is 2.19. The molecule has 3 N–H and O–H groups in total. The number of aromatic nitrogens is 1. The Hall–Kier alpha value is -1.29. The van der Waals surface area contributed by atoms with Crippen LogP contribution in [0.2, 0.25) is 0 Å². The second kappa shape index (κ2) is 2.98. The first-order chi connectivity index (χ1) is 5.25. The molecule has 1 aliphatic rings. The summed E-state index contributed by atoms with van der Waals surface area (Å²) >= 11 is 0. The second-order valence-corrected chi connectivity index (χ2v) is 2.47. The molecule has 0 atom stereocenters. The number of rotatable bonds is 0. The lowest BCUT2D eigenvalue weighted by Gasteiger charge is -1.96. The van der Waals surface area contributed by atoms with Crippen LogP contribution < -0.4 is 11.1 Å². The minimum Gasteiger partial charge on any atom is -0.384 e. The minimum atomic E-state index is -0.0156. The molecule has 1 aliphatic heterocycles. The number of hydrogen-bond donors (Lipinski definition) is 2. The molecule has 0 radical (unpaired) electrons. The van der Waals surface area contributed by atoms with Crippen LogP contribution in [0.25, 0.3) is 0 Å². The smallest absolute Gasteiger partial charge is 0.230 e. The van der Waals surface area contributed by atoms with E-state index >= 15 is 0 Å². The van der Waals surface area contributed by atoms with Crippen LogP contribution in [0.3, 0.4) is 0 Å². The fraction of sp³-hybridized carbons (Fsp3) is 0.143. The predicted molar refractivity (Wildman–Crippen MR) is 48.2 cm³/mol. The number of hydrogen-bond acceptors (Lipinski definition) is 3. The predicted octanol–water partition coefficient (Wildman–Crippen LogP) is 0.580. The molecule has 64 valence electrons. The third-order valence-corrected chi connectivity index (χ3v) is 1.61. The van der Waals surface area contributed by atoms with Crippen molar-refractivity contribution in [3.05, 3.63) is 17.7 Å². The first kappa shape index (κ1) is 8.80. The van der Waals surface area contributed by atoms with Gasteiger partial charge in [0.15, 0.2) is 0 Å². The molecule has 0 unspecified atom stereocenters. The Balaban J connectivity index is 0.000000720. The summed E-state index contributed by atoms with van der Waals surface area (Å²) in [4.78, 5) is 14.8. The normalized spacial score (nSPS) is 13.2. The fourth-order valence-corrected chi connectivity index (χ4v) is 1.10. The van der Waals surface area contributed by atoms with Gasteiger partial charge in [0.25, 0.3) is 0 Å². The fourth-order valence-electron chi connectivity index (χ4n) is 1.10. The SMILES string of the molecule is Cl.Nc1ccc2c(n1)NC(=O)C2. The van der Waals surface area contributed by atoms with Crippen LogP contribution in [-0.2, 0) is 11.2 Å². The maximum Gasteiger partial charge on any atom is 0.230 e. The number of pyridine rings is 1. The van der Waals surface area contributed by atoms with Crippen molar-refractivity contribution < 1.29 is 4.79 Å². The molecule has 0 saturated carbocycles. The van der Waals surface area contributed by atoms with E-state index in [1.165, 1.54) is 0 Å². The molecule has 0 bridgehead atoms. The Morgan fingerprint density at radius 1 is 1.50 bits per heavy atom. The molecule has 4 nitrogen and oxygen atoms in total. The van der Waals surface area contributed by atoms with E-state index in [1.54, 1.807) is 6.07 Å². The molecule has 2 heterocycles. The molecule has 12 heavy (non-hydrogen) atoms. The van der Waals surface area contributed by atoms with E-state index in [2.05, 4.69) is 10.3 Å². The topological polar surface area (TPSA) is 68.0 Å². The molecule has 0 fully saturated rings. The van der Waals surface area contributed by atoms with Crippen molar-refractivity contribution in [1.29, 1.82) is 0 Å². The molecule has 0 aromatic carbocycles. The highest BCUT2D eigenvalue weighted by Crippen LogP contribution is 2.20. The van der Waals surface area contributed by atoms with Crippen LogP contribution >= 0.6 is 12.4 Å². The molecule has 5 heteroatoms. The van der Waals surface area contributed by atoms with Crippen molar-refractivity contribution in [2.24, 2.45) is 0 Å². The molecule has 0 aliphatic carbocycles. The lowest BCUT2D eigenvalue weighted by molar-refractivity contribution is -0.115. The third kappa shape index (κ3) is 1.33. The Morgan fingerprint density at radius 3 is 3.00 bits per heavy atom. The van der Waals surface area contributed by atoms with Gasteiger partial charge in [0, 0.05) is 5.56 Å². The zero-order valence-corrected chi connectivity index (χ0v) is 7.02. The first-order valence-electron chi connectivity index (χ1n) is 3.31. The van der Waals surface area contributed by atoms with Crippen LogP contribution in [-0.4, -0.2) is 10.9 Å². The van der Waals surface area contributed by atoms with Crippen LogP contribution in [0.5, 0.6) is 0 Å². The number of nitrogens with one attached hydrogen (secondary N) is 1. The van der Waals surface area contributed by atoms with Crippen molar-refractivity contribution in [2.75, 3.05) is 11.1 Å². The van der Waals surface area contributed by atoms with E-state index in [0.29, 0.717) is 18.1 Å². The van der Waals surface area contributed by atoms with Crippen LogP contribution in [0.4, 0.5) is 11.6 Å². The molecular weight excluding hydrogens is 178 g/mol. The summed E-state index contributed by atoms with van der Waals surface area (Å²) < 4.78 is 0. The van der Waals surface area contributed by atoms with E-state index in [9.17, 15) is 4.79 Å². The van der Waals surface area contributed by atoms with Crippen molar-refractivity contribution in [3.8, 4) is 0 Å². The zero-order chi connectivity index (χ0) is 7.84.